The van der Waals surface area contributed by atoms with E-state index in [4.69, 9.17) is 0 Å². The van der Waals surface area contributed by atoms with E-state index < -0.39 is 0 Å². The Morgan fingerprint density at radius 3 is 2.64 bits per heavy atom. The molecular formula is C12H13NO. The molecule has 0 radical (unpaired) electrons. The van der Waals surface area contributed by atoms with Crippen molar-refractivity contribution in [1.82, 2.24) is 4.57 Å². The van der Waals surface area contributed by atoms with Crippen molar-refractivity contribution in [3.05, 3.63) is 46.2 Å². The third-order valence-electron chi connectivity index (χ3n) is 2.46. The smallest absolute Gasteiger partial charge is 0.250 e. The van der Waals surface area contributed by atoms with Crippen LogP contribution in [0, 0.1) is 6.92 Å². The molecule has 72 valence electrons. The highest BCUT2D eigenvalue weighted by molar-refractivity contribution is 5.79. The van der Waals surface area contributed by atoms with Gasteiger partial charge in [0.1, 0.15) is 0 Å². The molecule has 2 nitrogen and oxygen atoms in total. The van der Waals surface area contributed by atoms with Crippen LogP contribution in [0.4, 0.5) is 0 Å². The molecule has 1 heterocycles. The van der Waals surface area contributed by atoms with Crippen molar-refractivity contribution < 1.29 is 0 Å². The lowest BCUT2D eigenvalue weighted by molar-refractivity contribution is 0.759. The third kappa shape index (κ3) is 1.33. The normalized spacial score (nSPS) is 10.7. The Labute approximate surface area is 82.8 Å². The largest absolute Gasteiger partial charge is 0.309 e. The summed E-state index contributed by atoms with van der Waals surface area (Å²) >= 11 is 0. The molecule has 0 N–H and O–H groups in total. The van der Waals surface area contributed by atoms with Crippen LogP contribution in [-0.2, 0) is 6.54 Å². The number of pyridine rings is 1. The van der Waals surface area contributed by atoms with E-state index in [0.29, 0.717) is 0 Å². The average Bonchev–Trinajstić information content (AvgIpc) is 2.17. The van der Waals surface area contributed by atoms with Gasteiger partial charge in [-0.15, -0.1) is 0 Å². The number of benzene rings is 1. The zero-order valence-corrected chi connectivity index (χ0v) is 8.45. The molecule has 14 heavy (non-hydrogen) atoms. The molecule has 0 fully saturated rings. The summed E-state index contributed by atoms with van der Waals surface area (Å²) in [7, 11) is 0. The Hall–Kier alpha value is -1.57. The summed E-state index contributed by atoms with van der Waals surface area (Å²) in [5.74, 6) is 0. The summed E-state index contributed by atoms with van der Waals surface area (Å²) < 4.78 is 1.79. The summed E-state index contributed by atoms with van der Waals surface area (Å²) in [5.41, 5.74) is 2.29. The molecule has 0 aliphatic carbocycles. The van der Waals surface area contributed by atoms with Crippen LogP contribution in [0.1, 0.15) is 12.5 Å². The summed E-state index contributed by atoms with van der Waals surface area (Å²) in [6.45, 7) is 4.75. The lowest BCUT2D eigenvalue weighted by Crippen LogP contribution is -2.17. The fourth-order valence-electron chi connectivity index (χ4n) is 1.72. The van der Waals surface area contributed by atoms with Crippen molar-refractivity contribution in [2.45, 2.75) is 20.4 Å². The summed E-state index contributed by atoms with van der Waals surface area (Å²) in [6.07, 6.45) is 0. The maximum absolute atomic E-state index is 11.5. The van der Waals surface area contributed by atoms with Crippen LogP contribution in [0.5, 0.6) is 0 Å². The number of fused-ring (bicyclic) bond motifs is 1. The number of hydrogen-bond donors (Lipinski definition) is 0. The summed E-state index contributed by atoms with van der Waals surface area (Å²) in [4.78, 5) is 11.5. The van der Waals surface area contributed by atoms with Gasteiger partial charge < -0.3 is 4.57 Å². The Morgan fingerprint density at radius 1 is 1.21 bits per heavy atom. The topological polar surface area (TPSA) is 22.0 Å². The molecule has 0 spiro atoms. The van der Waals surface area contributed by atoms with E-state index in [1.165, 1.54) is 5.56 Å². The molecule has 1 aromatic heterocycles. The van der Waals surface area contributed by atoms with Gasteiger partial charge in [0, 0.05) is 12.6 Å². The average molecular weight is 187 g/mol. The molecule has 2 aromatic rings. The van der Waals surface area contributed by atoms with E-state index in [-0.39, 0.29) is 5.56 Å². The van der Waals surface area contributed by atoms with Crippen LogP contribution in [-0.4, -0.2) is 4.57 Å². The van der Waals surface area contributed by atoms with E-state index in [1.54, 1.807) is 10.6 Å². The summed E-state index contributed by atoms with van der Waals surface area (Å²) in [6, 6.07) is 9.67. The van der Waals surface area contributed by atoms with Crippen LogP contribution < -0.4 is 5.56 Å². The Balaban J connectivity index is 2.91. The molecule has 0 aliphatic rings. The predicted molar refractivity (Wildman–Crippen MR) is 58.6 cm³/mol. The predicted octanol–water partition coefficient (Wildman–Crippen LogP) is 2.33. The molecule has 2 rings (SSSR count). The SMILES string of the molecule is CCn1c(=O)ccc2ccc(C)cc21. The Kier molecular flexibility index (Phi) is 2.12. The number of aryl methyl sites for hydroxylation is 2. The zero-order valence-electron chi connectivity index (χ0n) is 8.45. The maximum Gasteiger partial charge on any atom is 0.250 e. The van der Waals surface area contributed by atoms with Crippen molar-refractivity contribution in [2.24, 2.45) is 0 Å². The highest BCUT2D eigenvalue weighted by Gasteiger charge is 2.00. The fraction of sp³-hybridized carbons (Fsp3) is 0.250. The molecule has 0 unspecified atom stereocenters. The number of hydrogen-bond acceptors (Lipinski definition) is 1. The van der Waals surface area contributed by atoms with E-state index >= 15 is 0 Å². The second kappa shape index (κ2) is 3.29. The van der Waals surface area contributed by atoms with E-state index in [1.807, 2.05) is 19.9 Å². The summed E-state index contributed by atoms with van der Waals surface area (Å²) in [5, 5.41) is 1.12. The maximum atomic E-state index is 11.5. The number of rotatable bonds is 1. The zero-order chi connectivity index (χ0) is 10.1. The molecule has 2 heteroatoms. The molecular weight excluding hydrogens is 174 g/mol. The number of nitrogens with zero attached hydrogens (tertiary/aromatic N) is 1. The van der Waals surface area contributed by atoms with Crippen molar-refractivity contribution in [3.63, 3.8) is 0 Å². The third-order valence-corrected chi connectivity index (χ3v) is 2.46. The van der Waals surface area contributed by atoms with Gasteiger partial charge in [-0.2, -0.15) is 0 Å². The van der Waals surface area contributed by atoms with Crippen LogP contribution in [0.2, 0.25) is 0 Å². The molecule has 1 aromatic carbocycles. The first-order valence-corrected chi connectivity index (χ1v) is 4.82. The van der Waals surface area contributed by atoms with Crippen LogP contribution in [0.25, 0.3) is 10.9 Å². The first-order chi connectivity index (χ1) is 6.72. The minimum atomic E-state index is 0.0746. The van der Waals surface area contributed by atoms with Gasteiger partial charge in [-0.05, 0) is 36.9 Å². The van der Waals surface area contributed by atoms with E-state index in [2.05, 4.69) is 18.2 Å². The van der Waals surface area contributed by atoms with Crippen LogP contribution >= 0.6 is 0 Å². The highest BCUT2D eigenvalue weighted by atomic mass is 16.1. The van der Waals surface area contributed by atoms with Gasteiger partial charge in [0.25, 0.3) is 5.56 Å². The van der Waals surface area contributed by atoms with Gasteiger partial charge in [-0.25, -0.2) is 0 Å². The monoisotopic (exact) mass is 187 g/mol. The first kappa shape index (κ1) is 9.00. The lowest BCUT2D eigenvalue weighted by atomic mass is 10.1. The van der Waals surface area contributed by atoms with Gasteiger partial charge in [0.05, 0.1) is 5.52 Å². The van der Waals surface area contributed by atoms with Gasteiger partial charge in [0.2, 0.25) is 0 Å². The Morgan fingerprint density at radius 2 is 1.93 bits per heavy atom. The van der Waals surface area contributed by atoms with Gasteiger partial charge >= 0.3 is 0 Å². The molecule has 0 atom stereocenters. The molecule has 0 saturated heterocycles. The number of aromatic nitrogens is 1. The minimum Gasteiger partial charge on any atom is -0.309 e. The highest BCUT2D eigenvalue weighted by Crippen LogP contribution is 2.13. The van der Waals surface area contributed by atoms with Crippen LogP contribution in [0.15, 0.2) is 35.1 Å². The standard InChI is InChI=1S/C12H13NO/c1-3-13-11-8-9(2)4-5-10(11)6-7-12(13)14/h4-8H,3H2,1-2H3. The second-order valence-corrected chi connectivity index (χ2v) is 3.48. The van der Waals surface area contributed by atoms with E-state index in [9.17, 15) is 4.79 Å². The molecule has 0 saturated carbocycles. The quantitative estimate of drug-likeness (QED) is 0.671. The van der Waals surface area contributed by atoms with Gasteiger partial charge in [0.15, 0.2) is 0 Å². The van der Waals surface area contributed by atoms with E-state index in [0.717, 1.165) is 17.4 Å². The minimum absolute atomic E-state index is 0.0746. The molecule has 0 bridgehead atoms. The second-order valence-electron chi connectivity index (χ2n) is 3.48. The van der Waals surface area contributed by atoms with Crippen molar-refractivity contribution in [2.75, 3.05) is 0 Å². The van der Waals surface area contributed by atoms with Gasteiger partial charge in [-0.3, -0.25) is 4.79 Å². The van der Waals surface area contributed by atoms with Crippen molar-refractivity contribution in [1.29, 1.82) is 0 Å². The van der Waals surface area contributed by atoms with Gasteiger partial charge in [-0.1, -0.05) is 12.1 Å². The molecule has 0 aliphatic heterocycles. The first-order valence-electron chi connectivity index (χ1n) is 4.82. The van der Waals surface area contributed by atoms with Crippen molar-refractivity contribution >= 4 is 10.9 Å². The Bertz CT molecular complexity index is 525. The fourth-order valence-corrected chi connectivity index (χ4v) is 1.72. The van der Waals surface area contributed by atoms with Crippen molar-refractivity contribution in [3.8, 4) is 0 Å². The lowest BCUT2D eigenvalue weighted by Gasteiger charge is -2.07. The van der Waals surface area contributed by atoms with Crippen LogP contribution in [0.3, 0.4) is 0 Å². The molecule has 0 amide bonds.